The third-order valence-corrected chi connectivity index (χ3v) is 7.28. The number of sulfonamides is 1. The van der Waals surface area contributed by atoms with Crippen molar-refractivity contribution in [3.8, 4) is 0 Å². The number of amides is 2. The molecule has 2 fully saturated rings. The molecule has 27 heavy (non-hydrogen) atoms. The predicted octanol–water partition coefficient (Wildman–Crippen LogP) is 1.40. The summed E-state index contributed by atoms with van der Waals surface area (Å²) in [6.45, 7) is 0.565. The summed E-state index contributed by atoms with van der Waals surface area (Å²) < 4.78 is 27.1. The minimum atomic E-state index is -3.60. The molecule has 2 aliphatic rings. The normalized spacial score (nSPS) is 21.7. The number of nitrogens with zero attached hydrogens (tertiary/aromatic N) is 1. The molecular formula is C19H27N3O4S. The lowest BCUT2D eigenvalue weighted by atomic mass is 9.95. The fourth-order valence-electron chi connectivity index (χ4n) is 3.85. The van der Waals surface area contributed by atoms with Crippen LogP contribution in [0.15, 0.2) is 35.2 Å². The first-order chi connectivity index (χ1) is 13.0. The van der Waals surface area contributed by atoms with Crippen LogP contribution in [-0.4, -0.2) is 49.7 Å². The Bertz CT molecular complexity index is 760. The van der Waals surface area contributed by atoms with E-state index in [1.54, 1.807) is 30.3 Å². The summed E-state index contributed by atoms with van der Waals surface area (Å²) in [6.07, 6.45) is 6.53. The monoisotopic (exact) mass is 393 g/mol. The van der Waals surface area contributed by atoms with Crippen molar-refractivity contribution in [3.05, 3.63) is 30.3 Å². The van der Waals surface area contributed by atoms with Gasteiger partial charge in [-0.05, 0) is 37.8 Å². The van der Waals surface area contributed by atoms with E-state index >= 15 is 0 Å². The lowest BCUT2D eigenvalue weighted by Gasteiger charge is -2.25. The lowest BCUT2D eigenvalue weighted by molar-refractivity contribution is -0.139. The molecule has 0 unspecified atom stereocenters. The first kappa shape index (κ1) is 19.8. The number of rotatable bonds is 5. The Kier molecular flexibility index (Phi) is 6.49. The Morgan fingerprint density at radius 2 is 1.67 bits per heavy atom. The Morgan fingerprint density at radius 1 is 0.963 bits per heavy atom. The molecule has 0 bridgehead atoms. The smallest absolute Gasteiger partial charge is 0.309 e. The van der Waals surface area contributed by atoms with Crippen molar-refractivity contribution in [1.82, 2.24) is 14.9 Å². The molecule has 1 aliphatic carbocycles. The third-order valence-electron chi connectivity index (χ3n) is 5.32. The second-order valence-electron chi connectivity index (χ2n) is 7.24. The number of benzene rings is 1. The van der Waals surface area contributed by atoms with Gasteiger partial charge in [-0.2, -0.15) is 4.31 Å². The molecule has 7 nitrogen and oxygen atoms in total. The maximum atomic E-state index is 12.8. The molecule has 0 aromatic heterocycles. The molecule has 2 N–H and O–H groups in total. The van der Waals surface area contributed by atoms with E-state index in [4.69, 9.17) is 0 Å². The van der Waals surface area contributed by atoms with Gasteiger partial charge in [-0.1, -0.05) is 37.5 Å². The number of carbonyl (C=O) groups excluding carboxylic acids is 2. The van der Waals surface area contributed by atoms with Crippen LogP contribution in [0.1, 0.15) is 44.9 Å². The number of hydrogen-bond acceptors (Lipinski definition) is 4. The molecule has 148 valence electrons. The quantitative estimate of drug-likeness (QED) is 0.740. The predicted molar refractivity (Wildman–Crippen MR) is 101 cm³/mol. The van der Waals surface area contributed by atoms with E-state index in [2.05, 4.69) is 10.6 Å². The minimum absolute atomic E-state index is 0.0680. The molecule has 1 aromatic carbocycles. The van der Waals surface area contributed by atoms with Gasteiger partial charge in [-0.3, -0.25) is 9.59 Å². The fourth-order valence-corrected chi connectivity index (χ4v) is 5.56. The van der Waals surface area contributed by atoms with E-state index in [0.717, 1.165) is 32.1 Å². The molecule has 1 aromatic rings. The van der Waals surface area contributed by atoms with Crippen LogP contribution in [0.5, 0.6) is 0 Å². The van der Waals surface area contributed by atoms with Crippen LogP contribution in [-0.2, 0) is 19.6 Å². The average Bonchev–Trinajstić information content (AvgIpc) is 3.17. The van der Waals surface area contributed by atoms with Gasteiger partial charge in [-0.25, -0.2) is 8.42 Å². The molecule has 1 saturated carbocycles. The highest BCUT2D eigenvalue weighted by Crippen LogP contribution is 2.25. The van der Waals surface area contributed by atoms with Crippen molar-refractivity contribution >= 4 is 21.8 Å². The fraction of sp³-hybridized carbons (Fsp3) is 0.579. The van der Waals surface area contributed by atoms with E-state index in [-0.39, 0.29) is 23.5 Å². The maximum Gasteiger partial charge on any atom is 0.309 e. The minimum Gasteiger partial charge on any atom is -0.346 e. The van der Waals surface area contributed by atoms with Crippen molar-refractivity contribution in [1.29, 1.82) is 0 Å². The molecule has 1 saturated heterocycles. The number of carbonyl (C=O) groups is 2. The van der Waals surface area contributed by atoms with E-state index in [1.807, 2.05) is 0 Å². The number of hydrogen-bond donors (Lipinski definition) is 2. The van der Waals surface area contributed by atoms with Gasteiger partial charge in [-0.15, -0.1) is 0 Å². The van der Waals surface area contributed by atoms with Crippen LogP contribution in [0.3, 0.4) is 0 Å². The van der Waals surface area contributed by atoms with Gasteiger partial charge < -0.3 is 10.6 Å². The van der Waals surface area contributed by atoms with Gasteiger partial charge in [0.25, 0.3) is 0 Å². The largest absolute Gasteiger partial charge is 0.346 e. The second kappa shape index (κ2) is 8.84. The summed E-state index contributed by atoms with van der Waals surface area (Å²) in [5.41, 5.74) is 0. The van der Waals surface area contributed by atoms with Crippen molar-refractivity contribution < 1.29 is 18.0 Å². The standard InChI is InChI=1S/C19H27N3O4S/c23-18(19(24)21-15-8-3-1-4-9-15)20-14-16-10-7-13-22(16)27(25,26)17-11-5-2-6-12-17/h2,5-6,11-12,15-16H,1,3-4,7-10,13-14H2,(H,20,23)(H,21,24)/t16-/m0/s1. The SMILES string of the molecule is O=C(NC[C@@H]1CCCN1S(=O)(=O)c1ccccc1)C(=O)NC1CCCCC1. The van der Waals surface area contributed by atoms with Crippen LogP contribution < -0.4 is 10.6 Å². The molecule has 3 rings (SSSR count). The Morgan fingerprint density at radius 3 is 2.37 bits per heavy atom. The summed E-state index contributed by atoms with van der Waals surface area (Å²) in [7, 11) is -3.60. The second-order valence-corrected chi connectivity index (χ2v) is 9.13. The molecule has 1 heterocycles. The zero-order valence-corrected chi connectivity index (χ0v) is 16.2. The third kappa shape index (κ3) is 4.87. The van der Waals surface area contributed by atoms with Gasteiger partial charge in [0.1, 0.15) is 0 Å². The molecule has 0 spiro atoms. The van der Waals surface area contributed by atoms with E-state index in [9.17, 15) is 18.0 Å². The van der Waals surface area contributed by atoms with Crippen LogP contribution in [0.2, 0.25) is 0 Å². The van der Waals surface area contributed by atoms with Gasteiger partial charge >= 0.3 is 11.8 Å². The molecule has 8 heteroatoms. The van der Waals surface area contributed by atoms with Crippen molar-refractivity contribution in [2.45, 2.75) is 61.9 Å². The van der Waals surface area contributed by atoms with Crippen molar-refractivity contribution in [3.63, 3.8) is 0 Å². The van der Waals surface area contributed by atoms with Crippen LogP contribution in [0, 0.1) is 0 Å². The zero-order valence-electron chi connectivity index (χ0n) is 15.4. The van der Waals surface area contributed by atoms with E-state index in [0.29, 0.717) is 13.0 Å². The van der Waals surface area contributed by atoms with Crippen LogP contribution in [0.4, 0.5) is 0 Å². The van der Waals surface area contributed by atoms with Crippen molar-refractivity contribution in [2.75, 3.05) is 13.1 Å². The zero-order chi connectivity index (χ0) is 19.3. The Balaban J connectivity index is 1.55. The van der Waals surface area contributed by atoms with Crippen LogP contribution in [0.25, 0.3) is 0 Å². The van der Waals surface area contributed by atoms with Crippen LogP contribution >= 0.6 is 0 Å². The van der Waals surface area contributed by atoms with E-state index < -0.39 is 21.8 Å². The first-order valence-corrected chi connectivity index (χ1v) is 11.1. The van der Waals surface area contributed by atoms with Gasteiger partial charge in [0.15, 0.2) is 0 Å². The summed E-state index contributed by atoms with van der Waals surface area (Å²) in [5.74, 6) is -1.32. The molecule has 1 aliphatic heterocycles. The van der Waals surface area contributed by atoms with Gasteiger partial charge in [0.05, 0.1) is 4.90 Å². The topological polar surface area (TPSA) is 95.6 Å². The Hall–Kier alpha value is -1.93. The van der Waals surface area contributed by atoms with Gasteiger partial charge in [0, 0.05) is 25.2 Å². The molecular weight excluding hydrogens is 366 g/mol. The summed E-state index contributed by atoms with van der Waals surface area (Å²) in [6, 6.07) is 8.03. The summed E-state index contributed by atoms with van der Waals surface area (Å²) in [4.78, 5) is 24.4. The summed E-state index contributed by atoms with van der Waals surface area (Å²) in [5, 5.41) is 5.39. The highest BCUT2D eigenvalue weighted by atomic mass is 32.2. The first-order valence-electron chi connectivity index (χ1n) is 9.64. The average molecular weight is 394 g/mol. The van der Waals surface area contributed by atoms with E-state index in [1.165, 1.54) is 10.7 Å². The van der Waals surface area contributed by atoms with Gasteiger partial charge in [0.2, 0.25) is 10.0 Å². The highest BCUT2D eigenvalue weighted by Gasteiger charge is 2.35. The Labute approximate surface area is 160 Å². The maximum absolute atomic E-state index is 12.8. The molecule has 1 atom stereocenters. The molecule has 2 amide bonds. The van der Waals surface area contributed by atoms with Crippen molar-refractivity contribution in [2.24, 2.45) is 0 Å². The highest BCUT2D eigenvalue weighted by molar-refractivity contribution is 7.89. The molecule has 0 radical (unpaired) electrons. The summed E-state index contributed by atoms with van der Waals surface area (Å²) >= 11 is 0. The lowest BCUT2D eigenvalue weighted by Crippen LogP contribution is -2.49. The number of nitrogens with one attached hydrogen (secondary N) is 2.